The maximum absolute atomic E-state index is 13.5. The molecule has 1 saturated heterocycles. The van der Waals surface area contributed by atoms with E-state index in [0.29, 0.717) is 46.7 Å². The highest BCUT2D eigenvalue weighted by molar-refractivity contribution is 7.93. The van der Waals surface area contributed by atoms with Crippen LogP contribution in [0.5, 0.6) is 11.5 Å². The molecule has 1 aliphatic rings. The summed E-state index contributed by atoms with van der Waals surface area (Å²) >= 11 is 5.88. The van der Waals surface area contributed by atoms with Gasteiger partial charge in [0.1, 0.15) is 23.0 Å². The van der Waals surface area contributed by atoms with Crippen molar-refractivity contribution in [1.82, 2.24) is 29.6 Å². The third-order valence-electron chi connectivity index (χ3n) is 6.58. The summed E-state index contributed by atoms with van der Waals surface area (Å²) in [7, 11) is 0.642. The standard InChI is InChI=1S/C23H28ClN7O5S/c1-13(21-25-11-15(24)12-26-21)14(2)37(33,34)29-23-28-27-22(16-9-10-19(32)30(16)3)31(23)20-17(35-4)7-6-8-18(20)36-5/h6-8,11-14,16H,9-10H2,1-5H3,(H,28,29)/t13?,14?,16-/m0/s1. The van der Waals surface area contributed by atoms with E-state index in [4.69, 9.17) is 21.1 Å². The van der Waals surface area contributed by atoms with Crippen molar-refractivity contribution in [1.29, 1.82) is 0 Å². The normalized spacial score (nSPS) is 17.5. The van der Waals surface area contributed by atoms with Crippen LogP contribution in [-0.2, 0) is 14.8 Å². The van der Waals surface area contributed by atoms with E-state index in [1.54, 1.807) is 44.0 Å². The molecule has 198 valence electrons. The van der Waals surface area contributed by atoms with Crippen LogP contribution in [-0.4, -0.2) is 70.5 Å². The summed E-state index contributed by atoms with van der Waals surface area (Å²) in [4.78, 5) is 22.2. The molecule has 0 saturated carbocycles. The predicted molar refractivity (Wildman–Crippen MR) is 137 cm³/mol. The Labute approximate surface area is 220 Å². The molecule has 0 bridgehead atoms. The third kappa shape index (κ3) is 5.05. The fraction of sp³-hybridized carbons (Fsp3) is 0.435. The average molecular weight is 550 g/mol. The number of sulfonamides is 1. The highest BCUT2D eigenvalue weighted by Crippen LogP contribution is 2.40. The van der Waals surface area contributed by atoms with Crippen LogP contribution in [0.4, 0.5) is 5.95 Å². The lowest BCUT2D eigenvalue weighted by Gasteiger charge is -2.24. The van der Waals surface area contributed by atoms with Crippen LogP contribution in [0.15, 0.2) is 30.6 Å². The second-order valence-electron chi connectivity index (χ2n) is 8.69. The summed E-state index contributed by atoms with van der Waals surface area (Å²) in [5.41, 5.74) is 0.402. The van der Waals surface area contributed by atoms with E-state index < -0.39 is 27.2 Å². The van der Waals surface area contributed by atoms with Crippen LogP contribution in [0.1, 0.15) is 50.3 Å². The molecule has 0 radical (unpaired) electrons. The Balaban J connectivity index is 1.80. The number of nitrogens with one attached hydrogen (secondary N) is 1. The second-order valence-corrected chi connectivity index (χ2v) is 11.2. The summed E-state index contributed by atoms with van der Waals surface area (Å²) in [6.07, 6.45) is 3.68. The predicted octanol–water partition coefficient (Wildman–Crippen LogP) is 2.96. The van der Waals surface area contributed by atoms with E-state index in [-0.39, 0.29) is 11.9 Å². The number of anilines is 1. The number of hydrogen-bond donors (Lipinski definition) is 1. The molecule has 37 heavy (non-hydrogen) atoms. The third-order valence-corrected chi connectivity index (χ3v) is 8.63. The van der Waals surface area contributed by atoms with E-state index >= 15 is 0 Å². The summed E-state index contributed by atoms with van der Waals surface area (Å²) < 4.78 is 42.3. The van der Waals surface area contributed by atoms with Gasteiger partial charge in [-0.25, -0.2) is 18.4 Å². The minimum atomic E-state index is -4.02. The Hall–Kier alpha value is -3.45. The number of likely N-dealkylation sites (tertiary alicyclic amines) is 1. The van der Waals surface area contributed by atoms with Crippen molar-refractivity contribution < 1.29 is 22.7 Å². The molecule has 0 spiro atoms. The van der Waals surface area contributed by atoms with Gasteiger partial charge in [0.15, 0.2) is 5.82 Å². The number of halogens is 1. The second kappa shape index (κ2) is 10.5. The van der Waals surface area contributed by atoms with Crippen LogP contribution < -0.4 is 14.2 Å². The number of ether oxygens (including phenoxy) is 2. The van der Waals surface area contributed by atoms with E-state index in [2.05, 4.69) is 24.9 Å². The quantitative estimate of drug-likeness (QED) is 0.426. The van der Waals surface area contributed by atoms with Gasteiger partial charge in [0, 0.05) is 31.8 Å². The molecule has 2 aromatic heterocycles. The Bertz CT molecular complexity index is 1370. The van der Waals surface area contributed by atoms with E-state index in [1.165, 1.54) is 31.2 Å². The fourth-order valence-electron chi connectivity index (χ4n) is 4.21. The highest BCUT2D eigenvalue weighted by Gasteiger charge is 2.37. The summed E-state index contributed by atoms with van der Waals surface area (Å²) in [5, 5.41) is 7.90. The number of rotatable bonds is 9. The Morgan fingerprint density at radius 3 is 2.27 bits per heavy atom. The fourth-order valence-corrected chi connectivity index (χ4v) is 5.54. The number of nitrogens with zero attached hydrogens (tertiary/aromatic N) is 6. The molecule has 3 atom stereocenters. The van der Waals surface area contributed by atoms with Crippen LogP contribution in [0.3, 0.4) is 0 Å². The van der Waals surface area contributed by atoms with Gasteiger partial charge >= 0.3 is 0 Å². The van der Waals surface area contributed by atoms with Crippen LogP contribution >= 0.6 is 11.6 Å². The lowest BCUT2D eigenvalue weighted by Crippen LogP contribution is -2.32. The van der Waals surface area contributed by atoms with E-state index in [1.807, 2.05) is 0 Å². The minimum Gasteiger partial charge on any atom is -0.494 e. The Morgan fingerprint density at radius 2 is 1.73 bits per heavy atom. The monoisotopic (exact) mass is 549 g/mol. The first-order valence-electron chi connectivity index (χ1n) is 11.5. The first-order chi connectivity index (χ1) is 17.6. The van der Waals surface area contributed by atoms with E-state index in [0.717, 1.165) is 0 Å². The van der Waals surface area contributed by atoms with Crippen molar-refractivity contribution in [3.8, 4) is 17.2 Å². The summed E-state index contributed by atoms with van der Waals surface area (Å²) in [6, 6.07) is 4.75. The molecule has 3 aromatic rings. The van der Waals surface area contributed by atoms with Gasteiger partial charge in [-0.05, 0) is 25.5 Å². The highest BCUT2D eigenvalue weighted by atomic mass is 35.5. The van der Waals surface area contributed by atoms with Gasteiger partial charge in [-0.15, -0.1) is 10.2 Å². The largest absolute Gasteiger partial charge is 0.494 e. The number of methoxy groups -OCH3 is 2. The first kappa shape index (κ1) is 26.6. The summed E-state index contributed by atoms with van der Waals surface area (Å²) in [6.45, 7) is 3.27. The zero-order valence-electron chi connectivity index (χ0n) is 21.0. The molecule has 4 rings (SSSR count). The van der Waals surface area contributed by atoms with Gasteiger partial charge in [-0.1, -0.05) is 24.6 Å². The lowest BCUT2D eigenvalue weighted by molar-refractivity contribution is -0.127. The number of hydrogen-bond acceptors (Lipinski definition) is 9. The molecule has 1 aromatic carbocycles. The number of amides is 1. The van der Waals surface area contributed by atoms with E-state index in [9.17, 15) is 13.2 Å². The zero-order valence-corrected chi connectivity index (χ0v) is 22.6. The van der Waals surface area contributed by atoms with Crippen LogP contribution in [0.25, 0.3) is 5.69 Å². The SMILES string of the molecule is COc1cccc(OC)c1-n1c(NS(=O)(=O)C(C)C(C)c2ncc(Cl)cn2)nnc1[C@@H]1CCC(=O)N1C. The number of carbonyl (C=O) groups is 1. The summed E-state index contributed by atoms with van der Waals surface area (Å²) in [5.74, 6) is 0.843. The van der Waals surface area contributed by atoms with Crippen molar-refractivity contribution in [3.63, 3.8) is 0 Å². The molecular formula is C23H28ClN7O5S. The molecule has 1 N–H and O–H groups in total. The maximum Gasteiger partial charge on any atom is 0.243 e. The van der Waals surface area contributed by atoms with Crippen molar-refractivity contribution in [3.05, 3.63) is 47.3 Å². The van der Waals surface area contributed by atoms with Gasteiger partial charge < -0.3 is 14.4 Å². The minimum absolute atomic E-state index is 0.0425. The number of para-hydroxylation sites is 1. The molecule has 3 heterocycles. The maximum atomic E-state index is 13.5. The van der Waals surface area contributed by atoms with Crippen molar-refractivity contribution in [2.75, 3.05) is 26.0 Å². The molecule has 1 amide bonds. The number of carbonyl (C=O) groups excluding carboxylic acids is 1. The molecule has 0 aliphatic carbocycles. The average Bonchev–Trinajstić information content (AvgIpc) is 3.44. The molecule has 1 aliphatic heterocycles. The molecule has 14 heteroatoms. The lowest BCUT2D eigenvalue weighted by atomic mass is 10.1. The number of benzene rings is 1. The number of aromatic nitrogens is 5. The smallest absolute Gasteiger partial charge is 0.243 e. The van der Waals surface area contributed by atoms with Gasteiger partial charge in [0.2, 0.25) is 21.9 Å². The van der Waals surface area contributed by atoms with Gasteiger partial charge in [-0.2, -0.15) is 0 Å². The molecule has 12 nitrogen and oxygen atoms in total. The van der Waals surface area contributed by atoms with Crippen LogP contribution in [0.2, 0.25) is 5.02 Å². The zero-order chi connectivity index (χ0) is 26.9. The van der Waals surface area contributed by atoms with Gasteiger partial charge in [0.05, 0.1) is 30.5 Å². The Morgan fingerprint density at radius 1 is 1.11 bits per heavy atom. The molecule has 2 unspecified atom stereocenters. The Kier molecular flexibility index (Phi) is 7.55. The topological polar surface area (TPSA) is 141 Å². The van der Waals surface area contributed by atoms with Crippen molar-refractivity contribution >= 4 is 33.5 Å². The van der Waals surface area contributed by atoms with Crippen LogP contribution in [0, 0.1) is 0 Å². The van der Waals surface area contributed by atoms with Gasteiger partial charge in [0.25, 0.3) is 0 Å². The first-order valence-corrected chi connectivity index (χ1v) is 13.4. The molecular weight excluding hydrogens is 522 g/mol. The van der Waals surface area contributed by atoms with Gasteiger partial charge in [-0.3, -0.25) is 14.1 Å². The van der Waals surface area contributed by atoms with Crippen molar-refractivity contribution in [2.24, 2.45) is 0 Å². The van der Waals surface area contributed by atoms with Crippen molar-refractivity contribution in [2.45, 2.75) is 43.9 Å². The molecule has 1 fully saturated rings.